The van der Waals surface area contributed by atoms with Crippen LogP contribution in [0.3, 0.4) is 0 Å². The Morgan fingerprint density at radius 1 is 1.21 bits per heavy atom. The third-order valence-electron chi connectivity index (χ3n) is 3.87. The van der Waals surface area contributed by atoms with E-state index in [2.05, 4.69) is 20.6 Å². The van der Waals surface area contributed by atoms with Crippen molar-refractivity contribution in [2.75, 3.05) is 6.61 Å². The van der Waals surface area contributed by atoms with E-state index in [1.165, 1.54) is 0 Å². The van der Waals surface area contributed by atoms with Gasteiger partial charge in [-0.15, -0.1) is 0 Å². The summed E-state index contributed by atoms with van der Waals surface area (Å²) < 4.78 is 0. The summed E-state index contributed by atoms with van der Waals surface area (Å²) in [5, 5.41) is 15.0. The molecule has 1 aromatic heterocycles. The molecule has 1 unspecified atom stereocenters. The Bertz CT molecular complexity index is 829. The van der Waals surface area contributed by atoms with Crippen molar-refractivity contribution >= 4 is 17.1 Å². The highest BCUT2D eigenvalue weighted by Crippen LogP contribution is 2.15. The van der Waals surface area contributed by atoms with Crippen LogP contribution in [0.25, 0.3) is 11.0 Å². The van der Waals surface area contributed by atoms with Crippen LogP contribution < -0.4 is 10.6 Å². The minimum atomic E-state index is -0.441. The summed E-state index contributed by atoms with van der Waals surface area (Å²) in [4.78, 5) is 19.7. The number of carbonyl (C=O) groups excluding carboxylic acids is 1. The Morgan fingerprint density at radius 3 is 2.71 bits per heavy atom. The van der Waals surface area contributed by atoms with Gasteiger partial charge in [-0.1, -0.05) is 42.5 Å². The fourth-order valence-corrected chi connectivity index (χ4v) is 2.60. The van der Waals surface area contributed by atoms with Gasteiger partial charge in [0.05, 0.1) is 30.2 Å². The van der Waals surface area contributed by atoms with Gasteiger partial charge in [0, 0.05) is 0 Å². The van der Waals surface area contributed by atoms with Crippen molar-refractivity contribution in [2.24, 2.45) is 0 Å². The Morgan fingerprint density at radius 2 is 2.00 bits per heavy atom. The number of aromatic amines is 1. The number of hydrogen-bond donors (Lipinski definition) is 4. The Labute approximate surface area is 139 Å². The molecule has 0 fully saturated rings. The van der Waals surface area contributed by atoms with E-state index < -0.39 is 6.04 Å². The zero-order valence-corrected chi connectivity index (χ0v) is 13.4. The first-order valence-electron chi connectivity index (χ1n) is 7.81. The normalized spacial score (nSPS) is 12.1. The zero-order chi connectivity index (χ0) is 16.9. The number of nitrogens with zero attached hydrogens (tertiary/aromatic N) is 1. The van der Waals surface area contributed by atoms with Crippen LogP contribution in [0, 0.1) is 6.92 Å². The third kappa shape index (κ3) is 3.55. The molecule has 0 aliphatic rings. The van der Waals surface area contributed by atoms with Gasteiger partial charge in [0.15, 0.2) is 0 Å². The maximum absolute atomic E-state index is 12.1. The number of urea groups is 1. The Hall–Kier alpha value is -2.86. The number of para-hydroxylation sites is 1. The summed E-state index contributed by atoms with van der Waals surface area (Å²) in [6.07, 6.45) is 0. The van der Waals surface area contributed by atoms with Crippen LogP contribution in [0.5, 0.6) is 0 Å². The molecule has 4 N–H and O–H groups in total. The molecule has 0 saturated carbocycles. The number of carbonyl (C=O) groups is 1. The SMILES string of the molecule is Cc1cccc2[nH]c(CNC(=O)NC(CO)c3ccccc3)nc12. The van der Waals surface area contributed by atoms with Crippen molar-refractivity contribution in [3.63, 3.8) is 0 Å². The van der Waals surface area contributed by atoms with Gasteiger partial charge in [-0.05, 0) is 24.1 Å². The molecule has 6 nitrogen and oxygen atoms in total. The number of aliphatic hydroxyl groups excluding tert-OH is 1. The zero-order valence-electron chi connectivity index (χ0n) is 13.4. The first-order chi connectivity index (χ1) is 11.7. The average molecular weight is 324 g/mol. The van der Waals surface area contributed by atoms with Gasteiger partial charge < -0.3 is 20.7 Å². The smallest absolute Gasteiger partial charge is 0.315 e. The maximum Gasteiger partial charge on any atom is 0.315 e. The highest BCUT2D eigenvalue weighted by molar-refractivity contribution is 5.79. The van der Waals surface area contributed by atoms with Gasteiger partial charge in [-0.3, -0.25) is 0 Å². The van der Waals surface area contributed by atoms with E-state index in [1.807, 2.05) is 55.5 Å². The van der Waals surface area contributed by atoms with E-state index in [4.69, 9.17) is 0 Å². The molecule has 24 heavy (non-hydrogen) atoms. The highest BCUT2D eigenvalue weighted by Gasteiger charge is 2.13. The van der Waals surface area contributed by atoms with Crippen LogP contribution in [-0.2, 0) is 6.54 Å². The fourth-order valence-electron chi connectivity index (χ4n) is 2.60. The molecule has 3 aromatic rings. The number of imidazole rings is 1. The number of nitrogens with one attached hydrogen (secondary N) is 3. The molecule has 2 aromatic carbocycles. The predicted octanol–water partition coefficient (Wildman–Crippen LogP) is 2.40. The van der Waals surface area contributed by atoms with E-state index in [1.54, 1.807) is 0 Å². The number of amides is 2. The number of benzene rings is 2. The van der Waals surface area contributed by atoms with Crippen LogP contribution in [0.2, 0.25) is 0 Å². The van der Waals surface area contributed by atoms with Crippen LogP contribution in [-0.4, -0.2) is 27.7 Å². The monoisotopic (exact) mass is 324 g/mol. The lowest BCUT2D eigenvalue weighted by atomic mass is 10.1. The van der Waals surface area contributed by atoms with Gasteiger partial charge in [0.1, 0.15) is 5.82 Å². The van der Waals surface area contributed by atoms with Crippen LogP contribution >= 0.6 is 0 Å². The van der Waals surface area contributed by atoms with E-state index in [0.717, 1.165) is 22.2 Å². The molecule has 0 aliphatic heterocycles. The lowest BCUT2D eigenvalue weighted by Gasteiger charge is -2.16. The third-order valence-corrected chi connectivity index (χ3v) is 3.87. The molecule has 0 saturated heterocycles. The Balaban J connectivity index is 1.61. The molecule has 124 valence electrons. The molecular weight excluding hydrogens is 304 g/mol. The largest absolute Gasteiger partial charge is 0.394 e. The van der Waals surface area contributed by atoms with Gasteiger partial charge in [-0.25, -0.2) is 9.78 Å². The number of aromatic nitrogens is 2. The van der Waals surface area contributed by atoms with Gasteiger partial charge in [-0.2, -0.15) is 0 Å². The van der Waals surface area contributed by atoms with E-state index in [9.17, 15) is 9.90 Å². The second-order valence-electron chi connectivity index (χ2n) is 5.63. The lowest BCUT2D eigenvalue weighted by Crippen LogP contribution is -2.39. The molecule has 6 heteroatoms. The number of H-pyrrole nitrogens is 1. The minimum Gasteiger partial charge on any atom is -0.394 e. The van der Waals surface area contributed by atoms with Gasteiger partial charge in [0.25, 0.3) is 0 Å². The molecule has 0 spiro atoms. The van der Waals surface area contributed by atoms with Crippen molar-refractivity contribution in [3.05, 3.63) is 65.5 Å². The molecular formula is C18H20N4O2. The average Bonchev–Trinajstić information content (AvgIpc) is 3.03. The number of aliphatic hydroxyl groups is 1. The molecule has 0 aliphatic carbocycles. The number of rotatable bonds is 5. The summed E-state index contributed by atoms with van der Waals surface area (Å²) in [7, 11) is 0. The molecule has 1 heterocycles. The van der Waals surface area contributed by atoms with E-state index in [-0.39, 0.29) is 19.2 Å². The van der Waals surface area contributed by atoms with Crippen LogP contribution in [0.15, 0.2) is 48.5 Å². The van der Waals surface area contributed by atoms with E-state index >= 15 is 0 Å². The first-order valence-corrected chi connectivity index (χ1v) is 7.81. The summed E-state index contributed by atoms with van der Waals surface area (Å²) in [5.74, 6) is 0.690. The summed E-state index contributed by atoms with van der Waals surface area (Å²) in [5.41, 5.74) is 3.80. The van der Waals surface area contributed by atoms with Crippen molar-refractivity contribution in [2.45, 2.75) is 19.5 Å². The van der Waals surface area contributed by atoms with E-state index in [0.29, 0.717) is 5.82 Å². The van der Waals surface area contributed by atoms with Crippen molar-refractivity contribution in [3.8, 4) is 0 Å². The summed E-state index contributed by atoms with van der Waals surface area (Å²) in [6, 6.07) is 14.5. The first kappa shape index (κ1) is 16.0. The molecule has 2 amide bonds. The number of fused-ring (bicyclic) bond motifs is 1. The summed E-state index contributed by atoms with van der Waals surface area (Å²) in [6.45, 7) is 2.12. The fraction of sp³-hybridized carbons (Fsp3) is 0.222. The predicted molar refractivity (Wildman–Crippen MR) is 92.5 cm³/mol. The molecule has 1 atom stereocenters. The molecule has 3 rings (SSSR count). The maximum atomic E-state index is 12.1. The summed E-state index contributed by atoms with van der Waals surface area (Å²) >= 11 is 0. The highest BCUT2D eigenvalue weighted by atomic mass is 16.3. The Kier molecular flexibility index (Phi) is 4.77. The molecule has 0 bridgehead atoms. The van der Waals surface area contributed by atoms with Gasteiger partial charge >= 0.3 is 6.03 Å². The van der Waals surface area contributed by atoms with Crippen LogP contribution in [0.1, 0.15) is 23.0 Å². The van der Waals surface area contributed by atoms with Gasteiger partial charge in [0.2, 0.25) is 0 Å². The second-order valence-corrected chi connectivity index (χ2v) is 5.63. The van der Waals surface area contributed by atoms with Crippen molar-refractivity contribution in [1.29, 1.82) is 0 Å². The standard InChI is InChI=1S/C18H20N4O2/c1-12-6-5-9-14-17(12)22-16(20-14)10-19-18(24)21-15(11-23)13-7-3-2-4-8-13/h2-9,15,23H,10-11H2,1H3,(H,20,22)(H2,19,21,24). The molecule has 0 radical (unpaired) electrons. The quantitative estimate of drug-likeness (QED) is 0.581. The second kappa shape index (κ2) is 7.14. The van der Waals surface area contributed by atoms with Crippen LogP contribution in [0.4, 0.5) is 4.79 Å². The number of hydrogen-bond acceptors (Lipinski definition) is 3. The lowest BCUT2D eigenvalue weighted by molar-refractivity contribution is 0.216. The minimum absolute atomic E-state index is 0.165. The topological polar surface area (TPSA) is 90.0 Å². The van der Waals surface area contributed by atoms with Crippen molar-refractivity contribution < 1.29 is 9.90 Å². The number of aryl methyl sites for hydroxylation is 1. The van der Waals surface area contributed by atoms with Crippen molar-refractivity contribution in [1.82, 2.24) is 20.6 Å².